The van der Waals surface area contributed by atoms with Gasteiger partial charge in [0, 0.05) is 60.0 Å². The molecule has 4 rings (SSSR count). The first-order valence-corrected chi connectivity index (χ1v) is 8.49. The fourth-order valence-corrected chi connectivity index (χ4v) is 3.77. The molecule has 1 aliphatic rings. The van der Waals surface area contributed by atoms with Crippen molar-refractivity contribution < 1.29 is 0 Å². The molecule has 0 radical (unpaired) electrons. The van der Waals surface area contributed by atoms with Crippen LogP contribution in [0.2, 0.25) is 0 Å². The van der Waals surface area contributed by atoms with E-state index >= 15 is 0 Å². The van der Waals surface area contributed by atoms with Crippen LogP contribution in [0, 0.1) is 0 Å². The Hall–Kier alpha value is -2.82. The van der Waals surface area contributed by atoms with Crippen LogP contribution < -0.4 is 0 Å². The van der Waals surface area contributed by atoms with Crippen LogP contribution in [0.4, 0.5) is 0 Å². The minimum absolute atomic E-state index is 0.243. The summed E-state index contributed by atoms with van der Waals surface area (Å²) in [7, 11) is 2.16. The summed E-state index contributed by atoms with van der Waals surface area (Å²) < 4.78 is 2.34. The van der Waals surface area contributed by atoms with Crippen LogP contribution in [0.15, 0.2) is 53.9 Å². The number of likely N-dealkylation sites (N-methyl/N-ethyl adjacent to an activating group) is 1. The second-order valence-corrected chi connectivity index (χ2v) is 6.54. The molecule has 6 heteroatoms. The number of fused-ring (bicyclic) bond motifs is 3. The third-order valence-electron chi connectivity index (χ3n) is 4.99. The quantitative estimate of drug-likeness (QED) is 0.410. The van der Waals surface area contributed by atoms with Gasteiger partial charge in [-0.05, 0) is 41.9 Å². The van der Waals surface area contributed by atoms with Gasteiger partial charge >= 0.3 is 0 Å². The molecule has 0 N–H and O–H groups in total. The molecule has 0 saturated heterocycles. The van der Waals surface area contributed by atoms with Crippen LogP contribution in [-0.2, 0) is 19.5 Å². The SMILES string of the molecule is CN1CCc2c(c3ccccc3n2CC(N=[N+]=[N-])c2ccncc2)C1. The molecule has 1 atom stereocenters. The van der Waals surface area contributed by atoms with Crippen LogP contribution in [0.25, 0.3) is 21.3 Å². The Bertz CT molecular complexity index is 939. The van der Waals surface area contributed by atoms with Gasteiger partial charge in [0.25, 0.3) is 0 Å². The average Bonchev–Trinajstić information content (AvgIpc) is 2.95. The van der Waals surface area contributed by atoms with E-state index in [0.29, 0.717) is 6.54 Å². The normalized spacial score (nSPS) is 15.6. The highest BCUT2D eigenvalue weighted by molar-refractivity contribution is 5.85. The molecule has 0 fully saturated rings. The summed E-state index contributed by atoms with van der Waals surface area (Å²) in [6, 6.07) is 12.1. The monoisotopic (exact) mass is 332 g/mol. The highest BCUT2D eigenvalue weighted by Crippen LogP contribution is 2.32. The zero-order chi connectivity index (χ0) is 17.2. The van der Waals surface area contributed by atoms with Gasteiger partial charge in [-0.15, -0.1) is 0 Å². The number of hydrogen-bond donors (Lipinski definition) is 0. The maximum absolute atomic E-state index is 9.04. The van der Waals surface area contributed by atoms with Crippen LogP contribution in [0.3, 0.4) is 0 Å². The highest BCUT2D eigenvalue weighted by Gasteiger charge is 2.23. The summed E-state index contributed by atoms with van der Waals surface area (Å²) in [5.41, 5.74) is 14.0. The molecule has 1 unspecified atom stereocenters. The van der Waals surface area contributed by atoms with Crippen molar-refractivity contribution in [1.82, 2.24) is 14.5 Å². The second kappa shape index (κ2) is 6.59. The number of aromatic nitrogens is 2. The molecule has 2 aromatic heterocycles. The van der Waals surface area contributed by atoms with E-state index < -0.39 is 0 Å². The van der Waals surface area contributed by atoms with Crippen molar-refractivity contribution in [2.75, 3.05) is 13.6 Å². The molecule has 3 heterocycles. The number of benzene rings is 1. The number of hydrogen-bond acceptors (Lipinski definition) is 3. The lowest BCUT2D eigenvalue weighted by atomic mass is 10.0. The van der Waals surface area contributed by atoms with Crippen LogP contribution in [0.1, 0.15) is 22.9 Å². The second-order valence-electron chi connectivity index (χ2n) is 6.54. The molecule has 3 aromatic rings. The Labute approximate surface area is 146 Å². The summed E-state index contributed by atoms with van der Waals surface area (Å²) in [5.74, 6) is 0. The molecule has 1 aromatic carbocycles. The Morgan fingerprint density at radius 2 is 2.04 bits per heavy atom. The lowest BCUT2D eigenvalue weighted by Crippen LogP contribution is -2.27. The van der Waals surface area contributed by atoms with E-state index in [9.17, 15) is 0 Å². The molecule has 0 amide bonds. The van der Waals surface area contributed by atoms with E-state index in [4.69, 9.17) is 5.53 Å². The van der Waals surface area contributed by atoms with Crippen LogP contribution in [0.5, 0.6) is 0 Å². The van der Waals surface area contributed by atoms with E-state index in [1.165, 1.54) is 22.2 Å². The van der Waals surface area contributed by atoms with Crippen LogP contribution >= 0.6 is 0 Å². The van der Waals surface area contributed by atoms with Gasteiger partial charge in [-0.1, -0.05) is 23.3 Å². The van der Waals surface area contributed by atoms with Gasteiger partial charge < -0.3 is 9.47 Å². The summed E-state index contributed by atoms with van der Waals surface area (Å²) in [4.78, 5) is 9.50. The number of para-hydroxylation sites is 1. The molecular formula is C19H20N6. The maximum atomic E-state index is 9.04. The molecule has 0 saturated carbocycles. The average molecular weight is 332 g/mol. The van der Waals surface area contributed by atoms with Gasteiger partial charge in [0.15, 0.2) is 0 Å². The molecule has 0 bridgehead atoms. The predicted molar refractivity (Wildman–Crippen MR) is 98.1 cm³/mol. The third kappa shape index (κ3) is 2.86. The van der Waals surface area contributed by atoms with Gasteiger partial charge in [0.2, 0.25) is 0 Å². The molecule has 25 heavy (non-hydrogen) atoms. The van der Waals surface area contributed by atoms with Crippen molar-refractivity contribution in [1.29, 1.82) is 0 Å². The largest absolute Gasteiger partial charge is 0.343 e. The van der Waals surface area contributed by atoms with E-state index in [0.717, 1.165) is 25.1 Å². The maximum Gasteiger partial charge on any atom is 0.0805 e. The number of rotatable bonds is 4. The van der Waals surface area contributed by atoms with Crippen molar-refractivity contribution >= 4 is 10.9 Å². The van der Waals surface area contributed by atoms with E-state index in [1.54, 1.807) is 12.4 Å². The highest BCUT2D eigenvalue weighted by atomic mass is 15.2. The Balaban J connectivity index is 1.82. The molecule has 6 nitrogen and oxygen atoms in total. The molecule has 1 aliphatic heterocycles. The summed E-state index contributed by atoms with van der Waals surface area (Å²) in [6.45, 7) is 2.66. The zero-order valence-corrected chi connectivity index (χ0v) is 14.2. The minimum atomic E-state index is -0.243. The van der Waals surface area contributed by atoms with Gasteiger partial charge in [-0.2, -0.15) is 0 Å². The lowest BCUT2D eigenvalue weighted by molar-refractivity contribution is 0.308. The van der Waals surface area contributed by atoms with Gasteiger partial charge in [0.05, 0.1) is 6.04 Å². The molecule has 0 spiro atoms. The number of pyridine rings is 1. The van der Waals surface area contributed by atoms with E-state index in [-0.39, 0.29) is 6.04 Å². The Morgan fingerprint density at radius 1 is 1.24 bits per heavy atom. The van der Waals surface area contributed by atoms with Gasteiger partial charge in [-0.3, -0.25) is 4.98 Å². The van der Waals surface area contributed by atoms with E-state index in [1.807, 2.05) is 12.1 Å². The first kappa shape index (κ1) is 15.7. The Kier molecular flexibility index (Phi) is 4.14. The minimum Gasteiger partial charge on any atom is -0.343 e. The van der Waals surface area contributed by atoms with Crippen molar-refractivity contribution in [3.63, 3.8) is 0 Å². The summed E-state index contributed by atoms with van der Waals surface area (Å²) in [5, 5.41) is 5.37. The Morgan fingerprint density at radius 3 is 2.84 bits per heavy atom. The number of azide groups is 1. The van der Waals surface area contributed by atoms with Crippen LogP contribution in [-0.4, -0.2) is 28.0 Å². The predicted octanol–water partition coefficient (Wildman–Crippen LogP) is 4.08. The standard InChI is InChI=1S/C19H20N6/c1-24-11-8-19-16(12-24)15-4-2-3-5-18(15)25(19)13-17(22-23-20)14-6-9-21-10-7-14/h2-7,9-10,17H,8,11-13H2,1H3. The first-order valence-electron chi connectivity index (χ1n) is 8.49. The van der Waals surface area contributed by atoms with Crippen molar-refractivity contribution in [2.45, 2.75) is 25.6 Å². The smallest absolute Gasteiger partial charge is 0.0805 e. The fraction of sp³-hybridized carbons (Fsp3) is 0.316. The van der Waals surface area contributed by atoms with Gasteiger partial charge in [-0.25, -0.2) is 0 Å². The van der Waals surface area contributed by atoms with Crippen molar-refractivity contribution in [2.24, 2.45) is 5.11 Å². The summed E-state index contributed by atoms with van der Waals surface area (Å²) in [6.07, 6.45) is 4.50. The fourth-order valence-electron chi connectivity index (χ4n) is 3.77. The third-order valence-corrected chi connectivity index (χ3v) is 4.99. The van der Waals surface area contributed by atoms with Crippen molar-refractivity contribution in [3.05, 3.63) is 76.1 Å². The molecular weight excluding hydrogens is 312 g/mol. The van der Waals surface area contributed by atoms with Gasteiger partial charge in [0.1, 0.15) is 0 Å². The number of nitrogens with zero attached hydrogens (tertiary/aromatic N) is 6. The summed E-state index contributed by atoms with van der Waals surface area (Å²) >= 11 is 0. The zero-order valence-electron chi connectivity index (χ0n) is 14.2. The molecule has 0 aliphatic carbocycles. The molecule has 126 valence electrons. The van der Waals surface area contributed by atoms with Crippen molar-refractivity contribution in [3.8, 4) is 0 Å². The lowest BCUT2D eigenvalue weighted by Gasteiger charge is -2.25. The van der Waals surface area contributed by atoms with E-state index in [2.05, 4.69) is 55.8 Å². The topological polar surface area (TPSA) is 69.8 Å². The first-order chi connectivity index (χ1) is 12.3.